The summed E-state index contributed by atoms with van der Waals surface area (Å²) < 4.78 is 48.4. The van der Waals surface area contributed by atoms with Gasteiger partial charge in [-0.25, -0.2) is 0 Å². The first kappa shape index (κ1) is 21.8. The number of thioether (sulfide) groups is 1. The SMILES string of the molecule is O=C(CSc1nnc(-c2ccc(Cl)cc2)o1)OCC(=O)c1cccc(C(F)(F)F)c1. The lowest BCUT2D eigenvalue weighted by Crippen LogP contribution is -2.16. The van der Waals surface area contributed by atoms with Crippen molar-refractivity contribution < 1.29 is 31.9 Å². The van der Waals surface area contributed by atoms with Crippen LogP contribution < -0.4 is 0 Å². The zero-order chi connectivity index (χ0) is 21.7. The second kappa shape index (κ2) is 9.31. The van der Waals surface area contributed by atoms with E-state index >= 15 is 0 Å². The molecule has 0 spiro atoms. The van der Waals surface area contributed by atoms with Crippen LogP contribution in [0.25, 0.3) is 11.5 Å². The number of ketones is 1. The highest BCUT2D eigenvalue weighted by molar-refractivity contribution is 7.99. The van der Waals surface area contributed by atoms with Crippen LogP contribution in [0, 0.1) is 0 Å². The predicted octanol–water partition coefficient (Wildman–Crippen LogP) is 4.93. The van der Waals surface area contributed by atoms with Crippen molar-refractivity contribution in [2.45, 2.75) is 11.4 Å². The molecule has 2 aromatic carbocycles. The summed E-state index contributed by atoms with van der Waals surface area (Å²) in [6.07, 6.45) is -4.57. The van der Waals surface area contributed by atoms with Crippen molar-refractivity contribution in [1.82, 2.24) is 10.2 Å². The summed E-state index contributed by atoms with van der Waals surface area (Å²) in [4.78, 5) is 23.8. The molecule has 6 nitrogen and oxygen atoms in total. The van der Waals surface area contributed by atoms with Crippen molar-refractivity contribution in [3.8, 4) is 11.5 Å². The number of carbonyl (C=O) groups is 2. The molecule has 0 aliphatic heterocycles. The molecule has 0 saturated carbocycles. The van der Waals surface area contributed by atoms with E-state index in [1.165, 1.54) is 6.07 Å². The maximum absolute atomic E-state index is 12.7. The first-order chi connectivity index (χ1) is 14.2. The predicted molar refractivity (Wildman–Crippen MR) is 102 cm³/mol. The molecule has 0 aliphatic carbocycles. The Morgan fingerprint density at radius 1 is 1.10 bits per heavy atom. The summed E-state index contributed by atoms with van der Waals surface area (Å²) in [6, 6.07) is 10.6. The smallest absolute Gasteiger partial charge is 0.416 e. The summed E-state index contributed by atoms with van der Waals surface area (Å²) >= 11 is 6.71. The molecular formula is C19H12ClF3N2O4S. The molecule has 0 saturated heterocycles. The fourth-order valence-corrected chi connectivity index (χ4v) is 2.92. The summed E-state index contributed by atoms with van der Waals surface area (Å²) in [5, 5.41) is 8.32. The number of ether oxygens (including phenoxy) is 1. The molecule has 3 aromatic rings. The van der Waals surface area contributed by atoms with Gasteiger partial charge in [0.05, 0.1) is 5.56 Å². The fraction of sp³-hybridized carbons (Fsp3) is 0.158. The van der Waals surface area contributed by atoms with Gasteiger partial charge >= 0.3 is 12.1 Å². The van der Waals surface area contributed by atoms with Crippen LogP contribution in [-0.2, 0) is 15.7 Å². The van der Waals surface area contributed by atoms with E-state index in [4.69, 9.17) is 20.8 Å². The Labute approximate surface area is 177 Å². The van der Waals surface area contributed by atoms with E-state index in [0.717, 1.165) is 23.9 Å². The number of hydrogen-bond acceptors (Lipinski definition) is 7. The minimum Gasteiger partial charge on any atom is -0.457 e. The van der Waals surface area contributed by atoms with Crippen molar-refractivity contribution in [3.63, 3.8) is 0 Å². The summed E-state index contributed by atoms with van der Waals surface area (Å²) in [7, 11) is 0. The number of rotatable bonds is 7. The van der Waals surface area contributed by atoms with Gasteiger partial charge in [-0.3, -0.25) is 9.59 Å². The molecule has 0 fully saturated rings. The average molecular weight is 457 g/mol. The number of alkyl halides is 3. The maximum Gasteiger partial charge on any atom is 0.416 e. The minimum absolute atomic E-state index is 0.112. The van der Waals surface area contributed by atoms with Gasteiger partial charge in [-0.1, -0.05) is 35.5 Å². The van der Waals surface area contributed by atoms with Crippen molar-refractivity contribution >= 4 is 35.1 Å². The van der Waals surface area contributed by atoms with Gasteiger partial charge in [0.15, 0.2) is 12.4 Å². The van der Waals surface area contributed by atoms with Crippen LogP contribution in [0.3, 0.4) is 0 Å². The van der Waals surface area contributed by atoms with E-state index in [1.54, 1.807) is 24.3 Å². The molecule has 156 valence electrons. The van der Waals surface area contributed by atoms with Crippen LogP contribution in [0.2, 0.25) is 5.02 Å². The quantitative estimate of drug-likeness (QED) is 0.283. The first-order valence-corrected chi connectivity index (χ1v) is 9.67. The van der Waals surface area contributed by atoms with E-state index in [0.29, 0.717) is 16.7 Å². The Morgan fingerprint density at radius 2 is 1.83 bits per heavy atom. The zero-order valence-electron chi connectivity index (χ0n) is 15.0. The molecule has 1 aromatic heterocycles. The largest absolute Gasteiger partial charge is 0.457 e. The Kier molecular flexibility index (Phi) is 6.78. The molecule has 0 bridgehead atoms. The third-order valence-corrected chi connectivity index (χ3v) is 4.73. The monoisotopic (exact) mass is 456 g/mol. The van der Waals surface area contributed by atoms with Crippen molar-refractivity contribution in [2.75, 3.05) is 12.4 Å². The number of hydrogen-bond donors (Lipinski definition) is 0. The molecule has 0 radical (unpaired) electrons. The Morgan fingerprint density at radius 3 is 2.53 bits per heavy atom. The van der Waals surface area contributed by atoms with Crippen LogP contribution in [-0.4, -0.2) is 34.3 Å². The minimum atomic E-state index is -4.57. The maximum atomic E-state index is 12.7. The average Bonchev–Trinajstić information content (AvgIpc) is 3.19. The second-order valence-electron chi connectivity index (χ2n) is 5.83. The summed E-state index contributed by atoms with van der Waals surface area (Å²) in [6.45, 7) is -0.680. The van der Waals surface area contributed by atoms with Crippen LogP contribution in [0.4, 0.5) is 13.2 Å². The van der Waals surface area contributed by atoms with Crippen molar-refractivity contribution in [1.29, 1.82) is 0 Å². The third-order valence-electron chi connectivity index (χ3n) is 3.69. The third kappa shape index (κ3) is 5.83. The van der Waals surface area contributed by atoms with E-state index in [9.17, 15) is 22.8 Å². The van der Waals surface area contributed by atoms with Crippen molar-refractivity contribution in [2.24, 2.45) is 0 Å². The molecule has 0 atom stereocenters. The highest BCUT2D eigenvalue weighted by atomic mass is 35.5. The number of esters is 1. The first-order valence-electron chi connectivity index (χ1n) is 8.31. The van der Waals surface area contributed by atoms with E-state index in [1.807, 2.05) is 0 Å². The normalized spacial score (nSPS) is 11.3. The van der Waals surface area contributed by atoms with E-state index in [-0.39, 0.29) is 22.4 Å². The van der Waals surface area contributed by atoms with E-state index < -0.39 is 30.1 Å². The molecule has 3 rings (SSSR count). The molecule has 11 heteroatoms. The van der Waals surface area contributed by atoms with Gasteiger partial charge < -0.3 is 9.15 Å². The zero-order valence-corrected chi connectivity index (χ0v) is 16.6. The highest BCUT2D eigenvalue weighted by Gasteiger charge is 2.31. The number of aromatic nitrogens is 2. The molecule has 0 N–H and O–H groups in total. The topological polar surface area (TPSA) is 82.3 Å². The van der Waals surface area contributed by atoms with Crippen LogP contribution in [0.1, 0.15) is 15.9 Å². The van der Waals surface area contributed by atoms with Gasteiger partial charge in [-0.2, -0.15) is 13.2 Å². The second-order valence-corrected chi connectivity index (χ2v) is 7.19. The van der Waals surface area contributed by atoms with Gasteiger partial charge in [0.1, 0.15) is 5.75 Å². The Balaban J connectivity index is 1.50. The van der Waals surface area contributed by atoms with Crippen LogP contribution in [0.15, 0.2) is 58.2 Å². The van der Waals surface area contributed by atoms with Gasteiger partial charge in [-0.15, -0.1) is 10.2 Å². The number of benzene rings is 2. The Hall–Kier alpha value is -2.85. The summed E-state index contributed by atoms with van der Waals surface area (Å²) in [5.41, 5.74) is -0.508. The number of Topliss-reactive ketones (excluding diaryl/α,β-unsaturated/α-hetero) is 1. The molecule has 0 aliphatic rings. The lowest BCUT2D eigenvalue weighted by atomic mass is 10.1. The van der Waals surface area contributed by atoms with Crippen LogP contribution in [0.5, 0.6) is 0 Å². The lowest BCUT2D eigenvalue weighted by Gasteiger charge is -2.08. The van der Waals surface area contributed by atoms with Gasteiger partial charge in [-0.05, 0) is 36.4 Å². The molecule has 1 heterocycles. The highest BCUT2D eigenvalue weighted by Crippen LogP contribution is 2.29. The van der Waals surface area contributed by atoms with Crippen molar-refractivity contribution in [3.05, 3.63) is 64.7 Å². The standard InChI is InChI=1S/C19H12ClF3N2O4S/c20-14-6-4-11(5-7-14)17-24-25-18(29-17)30-10-16(27)28-9-15(26)12-2-1-3-13(8-12)19(21,22)23/h1-8H,9-10H2. The number of carbonyl (C=O) groups excluding carboxylic acids is 2. The lowest BCUT2D eigenvalue weighted by molar-refractivity contribution is -0.139. The van der Waals surface area contributed by atoms with Gasteiger partial charge in [0.25, 0.3) is 5.22 Å². The molecule has 30 heavy (non-hydrogen) atoms. The van der Waals surface area contributed by atoms with Gasteiger partial charge in [0, 0.05) is 16.1 Å². The Bertz CT molecular complexity index is 1050. The summed E-state index contributed by atoms with van der Waals surface area (Å²) in [5.74, 6) is -1.49. The number of nitrogens with zero attached hydrogens (tertiary/aromatic N) is 2. The fourth-order valence-electron chi connectivity index (χ4n) is 2.24. The number of halogens is 4. The van der Waals surface area contributed by atoms with E-state index in [2.05, 4.69) is 10.2 Å². The van der Waals surface area contributed by atoms with Gasteiger partial charge in [0.2, 0.25) is 5.89 Å². The molecule has 0 unspecified atom stereocenters. The molecule has 0 amide bonds. The molecular weight excluding hydrogens is 445 g/mol. The van der Waals surface area contributed by atoms with Crippen LogP contribution >= 0.6 is 23.4 Å².